The van der Waals surface area contributed by atoms with Crippen molar-refractivity contribution in [3.63, 3.8) is 0 Å². The molecule has 0 spiro atoms. The Balaban J connectivity index is 2.26. The summed E-state index contributed by atoms with van der Waals surface area (Å²) in [6.07, 6.45) is 3.21. The number of carbonyl (C=O) groups is 1. The van der Waals surface area contributed by atoms with Gasteiger partial charge >= 0.3 is 0 Å². The molecule has 0 saturated heterocycles. The van der Waals surface area contributed by atoms with Crippen LogP contribution in [0.1, 0.15) is 18.5 Å². The third-order valence-corrected chi connectivity index (χ3v) is 3.56. The number of hydrogen-bond acceptors (Lipinski definition) is 4. The van der Waals surface area contributed by atoms with Gasteiger partial charge in [0.2, 0.25) is 5.91 Å². The van der Waals surface area contributed by atoms with Crippen molar-refractivity contribution >= 4 is 11.6 Å². The van der Waals surface area contributed by atoms with Gasteiger partial charge in [0.1, 0.15) is 17.5 Å². The van der Waals surface area contributed by atoms with Gasteiger partial charge in [0.25, 0.3) is 0 Å². The highest BCUT2D eigenvalue weighted by Crippen LogP contribution is 2.25. The van der Waals surface area contributed by atoms with Crippen LogP contribution in [-0.2, 0) is 4.79 Å². The van der Waals surface area contributed by atoms with E-state index in [9.17, 15) is 4.79 Å². The average molecular weight is 299 g/mol. The summed E-state index contributed by atoms with van der Waals surface area (Å²) in [6, 6.07) is 11.1. The minimum Gasteiger partial charge on any atom is -0.494 e. The Kier molecular flexibility index (Phi) is 5.49. The summed E-state index contributed by atoms with van der Waals surface area (Å²) < 4.78 is 5.25. The van der Waals surface area contributed by atoms with Gasteiger partial charge in [-0.05, 0) is 19.2 Å². The fourth-order valence-corrected chi connectivity index (χ4v) is 2.28. The van der Waals surface area contributed by atoms with Crippen LogP contribution in [0.15, 0.2) is 48.8 Å². The van der Waals surface area contributed by atoms with E-state index in [-0.39, 0.29) is 11.9 Å². The van der Waals surface area contributed by atoms with Crippen molar-refractivity contribution in [2.45, 2.75) is 13.0 Å². The third-order valence-electron chi connectivity index (χ3n) is 3.56. The van der Waals surface area contributed by atoms with Gasteiger partial charge in [0.05, 0.1) is 13.3 Å². The summed E-state index contributed by atoms with van der Waals surface area (Å²) in [6.45, 7) is 2.78. The number of aromatic nitrogens is 1. The second-order valence-electron chi connectivity index (χ2n) is 4.95. The van der Waals surface area contributed by atoms with Crippen LogP contribution in [0.5, 0.6) is 5.75 Å². The molecule has 0 fully saturated rings. The molecule has 116 valence electrons. The number of ether oxygens (including phenoxy) is 1. The molecule has 0 aliphatic heterocycles. The molecule has 5 nitrogen and oxygen atoms in total. The number of anilines is 1. The van der Waals surface area contributed by atoms with Crippen molar-refractivity contribution in [3.8, 4) is 5.75 Å². The Morgan fingerprint density at radius 3 is 2.68 bits per heavy atom. The highest BCUT2D eigenvalue weighted by molar-refractivity contribution is 5.96. The van der Waals surface area contributed by atoms with E-state index in [0.29, 0.717) is 11.4 Å². The molecular formula is C17H21N3O2. The first-order chi connectivity index (χ1) is 10.7. The topological polar surface area (TPSA) is 54.5 Å². The van der Waals surface area contributed by atoms with Crippen LogP contribution in [0.4, 0.5) is 5.69 Å². The molecule has 1 unspecified atom stereocenters. The lowest BCUT2D eigenvalue weighted by atomic mass is 10.0. The zero-order valence-corrected chi connectivity index (χ0v) is 13.1. The molecule has 1 heterocycles. The van der Waals surface area contributed by atoms with Gasteiger partial charge in [-0.2, -0.15) is 0 Å². The van der Waals surface area contributed by atoms with E-state index in [0.717, 1.165) is 12.1 Å². The van der Waals surface area contributed by atoms with Crippen molar-refractivity contribution in [2.75, 3.05) is 26.0 Å². The number of amides is 1. The summed E-state index contributed by atoms with van der Waals surface area (Å²) in [4.78, 5) is 18.8. The first-order valence-corrected chi connectivity index (χ1v) is 7.21. The Morgan fingerprint density at radius 1 is 1.32 bits per heavy atom. The van der Waals surface area contributed by atoms with Gasteiger partial charge in [-0.1, -0.05) is 37.3 Å². The molecule has 1 aromatic heterocycles. The lowest BCUT2D eigenvalue weighted by Gasteiger charge is -2.26. The fraction of sp³-hybridized carbons (Fsp3) is 0.294. The Morgan fingerprint density at radius 2 is 2.05 bits per heavy atom. The molecule has 1 aromatic carbocycles. The maximum Gasteiger partial charge on any atom is 0.246 e. The minimum atomic E-state index is -0.365. The number of nitrogens with zero attached hydrogens (tertiary/aromatic N) is 2. The summed E-state index contributed by atoms with van der Waals surface area (Å²) in [5, 5.41) is 2.91. The van der Waals surface area contributed by atoms with Gasteiger partial charge in [-0.25, -0.2) is 0 Å². The number of hydrogen-bond donors (Lipinski definition) is 1. The molecule has 2 rings (SSSR count). The van der Waals surface area contributed by atoms with Crippen LogP contribution in [0.2, 0.25) is 0 Å². The molecule has 2 aromatic rings. The number of pyridine rings is 1. The summed E-state index contributed by atoms with van der Waals surface area (Å²) in [7, 11) is 3.50. The van der Waals surface area contributed by atoms with Crippen LogP contribution in [0.25, 0.3) is 0 Å². The van der Waals surface area contributed by atoms with Gasteiger partial charge in [-0.3, -0.25) is 14.7 Å². The molecule has 1 N–H and O–H groups in total. The molecule has 0 radical (unpaired) electrons. The second kappa shape index (κ2) is 7.56. The predicted octanol–water partition coefficient (Wildman–Crippen LogP) is 2.72. The van der Waals surface area contributed by atoms with Crippen LogP contribution in [0, 0.1) is 0 Å². The monoisotopic (exact) mass is 299 g/mol. The van der Waals surface area contributed by atoms with Crippen molar-refractivity contribution in [1.29, 1.82) is 0 Å². The quantitative estimate of drug-likeness (QED) is 0.891. The summed E-state index contributed by atoms with van der Waals surface area (Å²) in [5.74, 6) is 0.483. The van der Waals surface area contributed by atoms with Crippen molar-refractivity contribution in [1.82, 2.24) is 9.88 Å². The molecule has 22 heavy (non-hydrogen) atoms. The normalized spacial score (nSPS) is 12.0. The zero-order chi connectivity index (χ0) is 15.9. The van der Waals surface area contributed by atoms with Crippen LogP contribution >= 0.6 is 0 Å². The molecule has 0 aliphatic carbocycles. The largest absolute Gasteiger partial charge is 0.494 e. The standard InChI is InChI=1S/C17H21N3O2/c1-4-20(2)16(13-8-6-5-7-9-13)17(21)19-14-12-18-11-10-15(14)22-3/h5-12,16H,4H2,1-3H3,(H,19,21). The highest BCUT2D eigenvalue weighted by Gasteiger charge is 2.24. The maximum atomic E-state index is 12.7. The smallest absolute Gasteiger partial charge is 0.246 e. The molecule has 0 bridgehead atoms. The number of benzene rings is 1. The van der Waals surface area contributed by atoms with Crippen molar-refractivity contribution in [2.24, 2.45) is 0 Å². The zero-order valence-electron chi connectivity index (χ0n) is 13.1. The van der Waals surface area contributed by atoms with Crippen LogP contribution in [-0.4, -0.2) is 36.5 Å². The Bertz CT molecular complexity index is 616. The maximum absolute atomic E-state index is 12.7. The number of nitrogens with one attached hydrogen (secondary N) is 1. The summed E-state index contributed by atoms with van der Waals surface area (Å²) >= 11 is 0. The second-order valence-corrected chi connectivity index (χ2v) is 4.95. The van der Waals surface area contributed by atoms with Gasteiger partial charge in [-0.15, -0.1) is 0 Å². The van der Waals surface area contributed by atoms with E-state index in [1.807, 2.05) is 49.2 Å². The number of methoxy groups -OCH3 is 1. The third kappa shape index (κ3) is 3.62. The van der Waals surface area contributed by atoms with Crippen LogP contribution in [0.3, 0.4) is 0 Å². The fourth-order valence-electron chi connectivity index (χ4n) is 2.28. The van der Waals surface area contributed by atoms with Crippen LogP contribution < -0.4 is 10.1 Å². The molecule has 0 saturated carbocycles. The van der Waals surface area contributed by atoms with Gasteiger partial charge in [0, 0.05) is 12.3 Å². The highest BCUT2D eigenvalue weighted by atomic mass is 16.5. The molecule has 1 atom stereocenters. The molecule has 1 amide bonds. The van der Waals surface area contributed by atoms with E-state index in [4.69, 9.17) is 4.74 Å². The van der Waals surface area contributed by atoms with Gasteiger partial charge in [0.15, 0.2) is 0 Å². The Hall–Kier alpha value is -2.40. The predicted molar refractivity (Wildman–Crippen MR) is 86.9 cm³/mol. The first-order valence-electron chi connectivity index (χ1n) is 7.21. The van der Waals surface area contributed by atoms with E-state index in [2.05, 4.69) is 10.3 Å². The van der Waals surface area contributed by atoms with E-state index in [1.54, 1.807) is 25.6 Å². The number of rotatable bonds is 6. The van der Waals surface area contributed by atoms with Crippen molar-refractivity contribution < 1.29 is 9.53 Å². The summed E-state index contributed by atoms with van der Waals surface area (Å²) in [5.41, 5.74) is 1.52. The molecule has 5 heteroatoms. The lowest BCUT2D eigenvalue weighted by Crippen LogP contribution is -2.34. The first kappa shape index (κ1) is 16.0. The molecule has 0 aliphatic rings. The van der Waals surface area contributed by atoms with E-state index in [1.165, 1.54) is 0 Å². The van der Waals surface area contributed by atoms with Gasteiger partial charge < -0.3 is 10.1 Å². The van der Waals surface area contributed by atoms with E-state index >= 15 is 0 Å². The van der Waals surface area contributed by atoms with Crippen molar-refractivity contribution in [3.05, 3.63) is 54.4 Å². The number of carbonyl (C=O) groups excluding carboxylic acids is 1. The molecular weight excluding hydrogens is 278 g/mol. The van der Waals surface area contributed by atoms with E-state index < -0.39 is 0 Å². The Labute approximate surface area is 130 Å². The lowest BCUT2D eigenvalue weighted by molar-refractivity contribution is -0.121. The SMILES string of the molecule is CCN(C)C(C(=O)Nc1cnccc1OC)c1ccccc1. The average Bonchev–Trinajstić information content (AvgIpc) is 2.56. The number of likely N-dealkylation sites (N-methyl/N-ethyl adjacent to an activating group) is 1. The minimum absolute atomic E-state index is 0.109.